The Morgan fingerprint density at radius 2 is 2.18 bits per heavy atom. The van der Waals surface area contributed by atoms with Gasteiger partial charge >= 0.3 is 0 Å². The van der Waals surface area contributed by atoms with Gasteiger partial charge in [-0.2, -0.15) is 0 Å². The van der Waals surface area contributed by atoms with Gasteiger partial charge in [0.15, 0.2) is 0 Å². The molecule has 0 aromatic heterocycles. The molecule has 0 aliphatic heterocycles. The summed E-state index contributed by atoms with van der Waals surface area (Å²) in [6, 6.07) is -0.231. The van der Waals surface area contributed by atoms with Crippen molar-refractivity contribution in [1.82, 2.24) is 10.6 Å². The van der Waals surface area contributed by atoms with E-state index in [1.165, 1.54) is 0 Å². The van der Waals surface area contributed by atoms with Gasteiger partial charge in [0, 0.05) is 20.3 Å². The lowest BCUT2D eigenvalue weighted by Gasteiger charge is -2.26. The zero-order chi connectivity index (χ0) is 13.3. The standard InChI is InChI=1S/C13H24N2O2/c1-6-8-14-12(16)11(2)15-10-13(3,4)7-9-17-5/h1,11,15H,7-10H2,2-5H3,(H,14,16). The molecule has 0 saturated carbocycles. The third-order valence-electron chi connectivity index (χ3n) is 2.63. The van der Waals surface area contributed by atoms with Crippen molar-refractivity contribution in [2.24, 2.45) is 5.41 Å². The molecule has 1 unspecified atom stereocenters. The van der Waals surface area contributed by atoms with E-state index in [2.05, 4.69) is 30.4 Å². The van der Waals surface area contributed by atoms with Crippen LogP contribution >= 0.6 is 0 Å². The van der Waals surface area contributed by atoms with Crippen molar-refractivity contribution in [2.75, 3.05) is 26.8 Å². The number of hydrogen-bond acceptors (Lipinski definition) is 3. The van der Waals surface area contributed by atoms with Gasteiger partial charge in [0.05, 0.1) is 12.6 Å². The maximum atomic E-state index is 11.5. The summed E-state index contributed by atoms with van der Waals surface area (Å²) in [6.07, 6.45) is 6.03. The van der Waals surface area contributed by atoms with E-state index in [0.717, 1.165) is 19.6 Å². The van der Waals surface area contributed by atoms with Crippen LogP contribution < -0.4 is 10.6 Å². The van der Waals surface area contributed by atoms with E-state index < -0.39 is 0 Å². The second-order valence-corrected chi connectivity index (χ2v) is 4.93. The lowest BCUT2D eigenvalue weighted by atomic mass is 9.89. The molecule has 0 aliphatic carbocycles. The predicted molar refractivity (Wildman–Crippen MR) is 69.6 cm³/mol. The highest BCUT2D eigenvalue weighted by molar-refractivity contribution is 5.81. The maximum absolute atomic E-state index is 11.5. The molecule has 0 aromatic rings. The van der Waals surface area contributed by atoms with Gasteiger partial charge in [-0.15, -0.1) is 6.42 Å². The van der Waals surface area contributed by atoms with Gasteiger partial charge in [-0.1, -0.05) is 19.8 Å². The van der Waals surface area contributed by atoms with Crippen molar-refractivity contribution in [3.05, 3.63) is 0 Å². The molecule has 0 heterocycles. The van der Waals surface area contributed by atoms with Crippen LogP contribution in [0.25, 0.3) is 0 Å². The van der Waals surface area contributed by atoms with Crippen LogP contribution in [-0.2, 0) is 9.53 Å². The van der Waals surface area contributed by atoms with E-state index in [0.29, 0.717) is 0 Å². The Labute approximate surface area is 104 Å². The molecule has 0 aromatic carbocycles. The van der Waals surface area contributed by atoms with Crippen LogP contribution in [0.15, 0.2) is 0 Å². The van der Waals surface area contributed by atoms with Crippen LogP contribution in [0.3, 0.4) is 0 Å². The summed E-state index contributed by atoms with van der Waals surface area (Å²) in [5.41, 5.74) is 0.108. The average molecular weight is 240 g/mol. The molecule has 0 aliphatic rings. The highest BCUT2D eigenvalue weighted by atomic mass is 16.5. The fourth-order valence-corrected chi connectivity index (χ4v) is 1.28. The summed E-state index contributed by atoms with van der Waals surface area (Å²) in [7, 11) is 1.69. The van der Waals surface area contributed by atoms with E-state index in [4.69, 9.17) is 11.2 Å². The number of carbonyl (C=O) groups excluding carboxylic acids is 1. The molecule has 0 radical (unpaired) electrons. The number of amides is 1. The van der Waals surface area contributed by atoms with Crippen molar-refractivity contribution >= 4 is 5.91 Å². The summed E-state index contributed by atoms with van der Waals surface area (Å²) in [4.78, 5) is 11.5. The minimum Gasteiger partial charge on any atom is -0.385 e. The molecule has 4 heteroatoms. The Morgan fingerprint density at radius 3 is 2.71 bits per heavy atom. The van der Waals surface area contributed by atoms with Crippen molar-refractivity contribution in [3.8, 4) is 12.3 Å². The molecule has 98 valence electrons. The molecule has 0 bridgehead atoms. The second-order valence-electron chi connectivity index (χ2n) is 4.93. The van der Waals surface area contributed by atoms with Gasteiger partial charge in [-0.25, -0.2) is 0 Å². The Morgan fingerprint density at radius 1 is 1.53 bits per heavy atom. The highest BCUT2D eigenvalue weighted by Crippen LogP contribution is 2.18. The molecule has 0 fully saturated rings. The first-order valence-electron chi connectivity index (χ1n) is 5.86. The van der Waals surface area contributed by atoms with Gasteiger partial charge in [-0.3, -0.25) is 4.79 Å². The topological polar surface area (TPSA) is 50.4 Å². The minimum atomic E-state index is -0.231. The third kappa shape index (κ3) is 7.78. The first kappa shape index (κ1) is 16.0. The fraction of sp³-hybridized carbons (Fsp3) is 0.769. The lowest BCUT2D eigenvalue weighted by Crippen LogP contribution is -2.45. The number of rotatable bonds is 8. The monoisotopic (exact) mass is 240 g/mol. The van der Waals surface area contributed by atoms with E-state index in [9.17, 15) is 4.79 Å². The minimum absolute atomic E-state index is 0.0644. The Kier molecular flexibility index (Phi) is 7.60. The Balaban J connectivity index is 3.93. The quantitative estimate of drug-likeness (QED) is 0.616. The van der Waals surface area contributed by atoms with Gasteiger partial charge in [0.25, 0.3) is 0 Å². The molecule has 2 N–H and O–H groups in total. The summed E-state index contributed by atoms with van der Waals surface area (Å²) in [5, 5.41) is 5.85. The Bertz CT molecular complexity index is 269. The summed E-state index contributed by atoms with van der Waals surface area (Å²) in [5.74, 6) is 2.31. The van der Waals surface area contributed by atoms with Crippen LogP contribution in [0.2, 0.25) is 0 Å². The van der Waals surface area contributed by atoms with Gasteiger partial charge in [0.1, 0.15) is 0 Å². The first-order chi connectivity index (χ1) is 7.93. The number of methoxy groups -OCH3 is 1. The van der Waals surface area contributed by atoms with Crippen LogP contribution in [0, 0.1) is 17.8 Å². The molecule has 0 saturated heterocycles. The molecule has 0 spiro atoms. The summed E-state index contributed by atoms with van der Waals surface area (Å²) < 4.78 is 5.06. The largest absolute Gasteiger partial charge is 0.385 e. The number of carbonyl (C=O) groups is 1. The smallest absolute Gasteiger partial charge is 0.237 e. The fourth-order valence-electron chi connectivity index (χ4n) is 1.28. The van der Waals surface area contributed by atoms with Crippen LogP contribution in [0.1, 0.15) is 27.2 Å². The van der Waals surface area contributed by atoms with Crippen molar-refractivity contribution in [2.45, 2.75) is 33.2 Å². The third-order valence-corrected chi connectivity index (χ3v) is 2.63. The molecular formula is C13H24N2O2. The molecular weight excluding hydrogens is 216 g/mol. The zero-order valence-electron chi connectivity index (χ0n) is 11.3. The van der Waals surface area contributed by atoms with Gasteiger partial charge < -0.3 is 15.4 Å². The Hall–Kier alpha value is -1.05. The van der Waals surface area contributed by atoms with Gasteiger partial charge in [-0.05, 0) is 18.8 Å². The van der Waals surface area contributed by atoms with Gasteiger partial charge in [0.2, 0.25) is 5.91 Å². The second kappa shape index (κ2) is 8.10. The van der Waals surface area contributed by atoms with Crippen molar-refractivity contribution in [3.63, 3.8) is 0 Å². The van der Waals surface area contributed by atoms with E-state index >= 15 is 0 Å². The van der Waals surface area contributed by atoms with Crippen LogP contribution in [0.4, 0.5) is 0 Å². The predicted octanol–water partition coefficient (Wildman–Crippen LogP) is 0.777. The molecule has 1 amide bonds. The van der Waals surface area contributed by atoms with Crippen LogP contribution in [0.5, 0.6) is 0 Å². The SMILES string of the molecule is C#CCNC(=O)C(C)NCC(C)(C)CCOC. The maximum Gasteiger partial charge on any atom is 0.237 e. The number of terminal acetylenes is 1. The van der Waals surface area contributed by atoms with Crippen LogP contribution in [-0.4, -0.2) is 38.8 Å². The average Bonchev–Trinajstić information content (AvgIpc) is 2.30. The van der Waals surface area contributed by atoms with Crippen molar-refractivity contribution < 1.29 is 9.53 Å². The van der Waals surface area contributed by atoms with Crippen molar-refractivity contribution in [1.29, 1.82) is 0 Å². The first-order valence-corrected chi connectivity index (χ1v) is 5.86. The highest BCUT2D eigenvalue weighted by Gasteiger charge is 2.20. The molecule has 4 nitrogen and oxygen atoms in total. The summed E-state index contributed by atoms with van der Waals surface area (Å²) in [6.45, 7) is 7.89. The number of nitrogens with one attached hydrogen (secondary N) is 2. The number of hydrogen-bond donors (Lipinski definition) is 2. The number of ether oxygens (including phenoxy) is 1. The van der Waals surface area contributed by atoms with E-state index in [-0.39, 0.29) is 23.9 Å². The molecule has 1 atom stereocenters. The molecule has 0 rings (SSSR count). The summed E-state index contributed by atoms with van der Waals surface area (Å²) >= 11 is 0. The normalized spacial score (nSPS) is 12.9. The zero-order valence-corrected chi connectivity index (χ0v) is 11.3. The van der Waals surface area contributed by atoms with E-state index in [1.807, 2.05) is 6.92 Å². The lowest BCUT2D eigenvalue weighted by molar-refractivity contribution is -0.122. The molecule has 17 heavy (non-hydrogen) atoms. The van der Waals surface area contributed by atoms with E-state index in [1.54, 1.807) is 7.11 Å².